The first kappa shape index (κ1) is 18.8. The van der Waals surface area contributed by atoms with E-state index in [1.54, 1.807) is 6.07 Å². The van der Waals surface area contributed by atoms with Crippen molar-refractivity contribution in [1.82, 2.24) is 0 Å². The molecule has 2 nitrogen and oxygen atoms in total. The van der Waals surface area contributed by atoms with Crippen LogP contribution in [0.4, 0.5) is 15.8 Å². The molecule has 0 atom stereocenters. The van der Waals surface area contributed by atoms with Gasteiger partial charge in [0, 0.05) is 25.8 Å². The van der Waals surface area contributed by atoms with Crippen molar-refractivity contribution in [3.63, 3.8) is 0 Å². The van der Waals surface area contributed by atoms with Crippen LogP contribution in [0.25, 0.3) is 0 Å². The largest absolute Gasteiger partial charge is 0.388 e. The molecule has 1 N–H and O–H groups in total. The zero-order valence-corrected chi connectivity index (χ0v) is 14.6. The summed E-state index contributed by atoms with van der Waals surface area (Å²) in [7, 11) is 1.82. The van der Waals surface area contributed by atoms with Crippen molar-refractivity contribution >= 4 is 11.4 Å². The number of unbranched alkanes of at least 4 members (excludes halogenated alkanes) is 6. The molecule has 3 heteroatoms. The fourth-order valence-corrected chi connectivity index (χ4v) is 2.73. The molecule has 0 heterocycles. The van der Waals surface area contributed by atoms with E-state index in [4.69, 9.17) is 0 Å². The van der Waals surface area contributed by atoms with E-state index < -0.39 is 0 Å². The van der Waals surface area contributed by atoms with Crippen LogP contribution in [-0.4, -0.2) is 20.1 Å². The highest BCUT2D eigenvalue weighted by molar-refractivity contribution is 5.56. The van der Waals surface area contributed by atoms with Crippen LogP contribution in [0.2, 0.25) is 0 Å². The number of nitrogens with zero attached hydrogens (tertiary/aromatic N) is 1. The van der Waals surface area contributed by atoms with Gasteiger partial charge in [-0.25, -0.2) is 4.39 Å². The van der Waals surface area contributed by atoms with Crippen LogP contribution in [0.3, 0.4) is 0 Å². The minimum absolute atomic E-state index is 0.113. The predicted molar refractivity (Wildman–Crippen MR) is 96.4 cm³/mol. The van der Waals surface area contributed by atoms with Gasteiger partial charge in [-0.3, -0.25) is 0 Å². The van der Waals surface area contributed by atoms with Crippen LogP contribution < -0.4 is 10.2 Å². The lowest BCUT2D eigenvalue weighted by molar-refractivity contribution is 0.584. The molecular weight excluding hydrogens is 275 g/mol. The van der Waals surface area contributed by atoms with Gasteiger partial charge in [0.2, 0.25) is 0 Å². The van der Waals surface area contributed by atoms with E-state index in [0.29, 0.717) is 0 Å². The fraction of sp³-hybridized carbons (Fsp3) is 0.684. The van der Waals surface area contributed by atoms with Gasteiger partial charge in [-0.05, 0) is 31.0 Å². The maximum Gasteiger partial charge on any atom is 0.148 e. The molecule has 0 aromatic heterocycles. The lowest BCUT2D eigenvalue weighted by Gasteiger charge is -2.26. The summed E-state index contributed by atoms with van der Waals surface area (Å²) in [5.41, 5.74) is 1.59. The lowest BCUT2D eigenvalue weighted by atomic mass is 10.1. The molecule has 0 unspecified atom stereocenters. The Labute approximate surface area is 136 Å². The molecule has 22 heavy (non-hydrogen) atoms. The number of hydrogen-bond acceptors (Lipinski definition) is 2. The Hall–Kier alpha value is -1.25. The second kappa shape index (κ2) is 11.3. The third-order valence-electron chi connectivity index (χ3n) is 4.14. The van der Waals surface area contributed by atoms with Crippen molar-refractivity contribution in [3.05, 3.63) is 24.0 Å². The molecule has 0 bridgehead atoms. The minimum Gasteiger partial charge on any atom is -0.388 e. The first-order chi connectivity index (χ1) is 10.7. The molecule has 1 aromatic rings. The zero-order valence-electron chi connectivity index (χ0n) is 14.6. The van der Waals surface area contributed by atoms with E-state index in [1.165, 1.54) is 38.5 Å². The average Bonchev–Trinajstić information content (AvgIpc) is 2.53. The molecule has 1 aromatic carbocycles. The van der Waals surface area contributed by atoms with Gasteiger partial charge in [0.15, 0.2) is 0 Å². The van der Waals surface area contributed by atoms with E-state index in [2.05, 4.69) is 24.1 Å². The summed E-state index contributed by atoms with van der Waals surface area (Å²) in [4.78, 5) is 2.24. The summed E-state index contributed by atoms with van der Waals surface area (Å²) >= 11 is 0. The van der Waals surface area contributed by atoms with Crippen molar-refractivity contribution < 1.29 is 4.39 Å². The van der Waals surface area contributed by atoms with Crippen LogP contribution in [0, 0.1) is 5.82 Å². The summed E-state index contributed by atoms with van der Waals surface area (Å²) < 4.78 is 14.4. The van der Waals surface area contributed by atoms with Gasteiger partial charge < -0.3 is 10.2 Å². The zero-order chi connectivity index (χ0) is 16.2. The molecule has 0 aliphatic heterocycles. The second-order valence-electron chi connectivity index (χ2n) is 6.02. The summed E-state index contributed by atoms with van der Waals surface area (Å²) in [6.07, 6.45) is 9.78. The van der Waals surface area contributed by atoms with E-state index in [1.807, 2.05) is 19.2 Å². The van der Waals surface area contributed by atoms with E-state index >= 15 is 0 Å². The van der Waals surface area contributed by atoms with Crippen molar-refractivity contribution in [2.75, 3.05) is 30.4 Å². The van der Waals surface area contributed by atoms with Gasteiger partial charge in [0.05, 0.1) is 5.69 Å². The quantitative estimate of drug-likeness (QED) is 0.488. The Kier molecular flexibility index (Phi) is 9.69. The Morgan fingerprint density at radius 1 is 0.909 bits per heavy atom. The summed E-state index contributed by atoms with van der Waals surface area (Å²) in [5, 5.41) is 3.00. The highest BCUT2D eigenvalue weighted by Crippen LogP contribution is 2.24. The SMILES string of the molecule is CCCCCCN(CCCCCC)c1ccc(NC)cc1F. The van der Waals surface area contributed by atoms with Gasteiger partial charge in [-0.1, -0.05) is 52.4 Å². The second-order valence-corrected chi connectivity index (χ2v) is 6.02. The smallest absolute Gasteiger partial charge is 0.148 e. The van der Waals surface area contributed by atoms with Crippen LogP contribution in [0.15, 0.2) is 18.2 Å². The predicted octanol–water partition coefficient (Wildman–Crippen LogP) is 5.83. The first-order valence-electron chi connectivity index (χ1n) is 8.95. The third-order valence-corrected chi connectivity index (χ3v) is 4.14. The number of halogens is 1. The van der Waals surface area contributed by atoms with Gasteiger partial charge in [0.1, 0.15) is 5.82 Å². The highest BCUT2D eigenvalue weighted by atomic mass is 19.1. The molecule has 0 saturated heterocycles. The van der Waals surface area contributed by atoms with Crippen molar-refractivity contribution in [1.29, 1.82) is 0 Å². The number of rotatable bonds is 12. The molecule has 1 rings (SSSR count). The maximum absolute atomic E-state index is 14.4. The van der Waals surface area contributed by atoms with Crippen LogP contribution >= 0.6 is 0 Å². The maximum atomic E-state index is 14.4. The van der Waals surface area contributed by atoms with Crippen molar-refractivity contribution in [2.24, 2.45) is 0 Å². The van der Waals surface area contributed by atoms with Gasteiger partial charge in [0.25, 0.3) is 0 Å². The molecule has 0 aliphatic rings. The normalized spacial score (nSPS) is 10.7. The topological polar surface area (TPSA) is 15.3 Å². The minimum atomic E-state index is -0.113. The molecule has 0 radical (unpaired) electrons. The standard InChI is InChI=1S/C19H33FN2/c1-4-6-8-10-14-22(15-11-9-7-5-2)19-13-12-17(21-3)16-18(19)20/h12-13,16,21H,4-11,14-15H2,1-3H3. The first-order valence-corrected chi connectivity index (χ1v) is 8.95. The fourth-order valence-electron chi connectivity index (χ4n) is 2.73. The Bertz CT molecular complexity index is 394. The van der Waals surface area contributed by atoms with Crippen LogP contribution in [0.5, 0.6) is 0 Å². The number of hydrogen-bond donors (Lipinski definition) is 1. The number of nitrogens with one attached hydrogen (secondary N) is 1. The van der Waals surface area contributed by atoms with E-state index in [-0.39, 0.29) is 5.82 Å². The molecule has 0 spiro atoms. The highest BCUT2D eigenvalue weighted by Gasteiger charge is 2.11. The van der Waals surface area contributed by atoms with Crippen LogP contribution in [0.1, 0.15) is 65.2 Å². The summed E-state index contributed by atoms with van der Waals surface area (Å²) in [6.45, 7) is 6.36. The van der Waals surface area contributed by atoms with E-state index in [0.717, 1.165) is 37.3 Å². The Morgan fingerprint density at radius 2 is 1.50 bits per heavy atom. The summed E-state index contributed by atoms with van der Waals surface area (Å²) in [6, 6.07) is 5.48. The Balaban J connectivity index is 2.65. The van der Waals surface area contributed by atoms with E-state index in [9.17, 15) is 4.39 Å². The number of benzene rings is 1. The molecule has 0 amide bonds. The van der Waals surface area contributed by atoms with Crippen LogP contribution in [-0.2, 0) is 0 Å². The van der Waals surface area contributed by atoms with Crippen molar-refractivity contribution in [2.45, 2.75) is 65.2 Å². The molecule has 0 saturated carbocycles. The molecule has 0 aliphatic carbocycles. The Morgan fingerprint density at radius 3 is 1.95 bits per heavy atom. The van der Waals surface area contributed by atoms with Gasteiger partial charge in [-0.2, -0.15) is 0 Å². The van der Waals surface area contributed by atoms with Gasteiger partial charge in [-0.15, -0.1) is 0 Å². The average molecular weight is 308 g/mol. The monoisotopic (exact) mass is 308 g/mol. The third kappa shape index (κ3) is 6.67. The lowest BCUT2D eigenvalue weighted by Crippen LogP contribution is -2.26. The molecule has 126 valence electrons. The van der Waals surface area contributed by atoms with Crippen molar-refractivity contribution in [3.8, 4) is 0 Å². The molecular formula is C19H33FN2. The summed E-state index contributed by atoms with van der Waals surface area (Å²) in [5.74, 6) is -0.113. The molecule has 0 fully saturated rings. The van der Waals surface area contributed by atoms with Gasteiger partial charge >= 0.3 is 0 Å². The number of anilines is 2.